The lowest BCUT2D eigenvalue weighted by atomic mass is 10.0. The zero-order valence-electron chi connectivity index (χ0n) is 13.4. The molecular formula is C17H20F3NOSi. The van der Waals surface area contributed by atoms with Gasteiger partial charge < -0.3 is 8.99 Å². The van der Waals surface area contributed by atoms with Gasteiger partial charge in [-0.2, -0.15) is 0 Å². The van der Waals surface area contributed by atoms with Gasteiger partial charge in [0.2, 0.25) is 0 Å². The molecule has 0 radical (unpaired) electrons. The van der Waals surface area contributed by atoms with Crippen molar-refractivity contribution in [1.82, 2.24) is 4.57 Å². The highest BCUT2D eigenvalue weighted by Gasteiger charge is 2.21. The van der Waals surface area contributed by atoms with Crippen LogP contribution in [0, 0.1) is 17.5 Å². The van der Waals surface area contributed by atoms with Crippen LogP contribution in [0.25, 0.3) is 11.1 Å². The van der Waals surface area contributed by atoms with Crippen LogP contribution in [-0.2, 0) is 4.43 Å². The summed E-state index contributed by atoms with van der Waals surface area (Å²) in [6.07, 6.45) is 0. The average molecular weight is 339 g/mol. The molecule has 0 saturated carbocycles. The van der Waals surface area contributed by atoms with Gasteiger partial charge in [-0.25, -0.2) is 13.2 Å². The van der Waals surface area contributed by atoms with Crippen LogP contribution >= 0.6 is 0 Å². The standard InChI is InChI=1S/C17H20F3NOSi/c1-4-21(5-2)23(22-3)14-8-6-12(7-9-14)17-15(19)10-13(18)11-16(17)20/h6-11,23H,4-5H2,1-3H3. The fourth-order valence-corrected chi connectivity index (χ4v) is 4.86. The van der Waals surface area contributed by atoms with Crippen molar-refractivity contribution in [2.75, 3.05) is 20.2 Å². The lowest BCUT2D eigenvalue weighted by Crippen LogP contribution is -2.49. The number of halogens is 3. The molecular weight excluding hydrogens is 319 g/mol. The van der Waals surface area contributed by atoms with Crippen molar-refractivity contribution >= 4 is 14.4 Å². The lowest BCUT2D eigenvalue weighted by molar-refractivity contribution is 0.339. The molecule has 0 spiro atoms. The summed E-state index contributed by atoms with van der Waals surface area (Å²) in [6, 6.07) is 8.34. The fraction of sp³-hybridized carbons (Fsp3) is 0.294. The highest BCUT2D eigenvalue weighted by Crippen LogP contribution is 2.26. The molecule has 0 aromatic heterocycles. The van der Waals surface area contributed by atoms with Gasteiger partial charge in [-0.15, -0.1) is 0 Å². The van der Waals surface area contributed by atoms with E-state index < -0.39 is 26.7 Å². The molecule has 2 rings (SSSR count). The smallest absolute Gasteiger partial charge is 0.287 e. The predicted octanol–water partition coefficient (Wildman–Crippen LogP) is 3.19. The Hall–Kier alpha value is -1.63. The molecule has 2 aromatic carbocycles. The van der Waals surface area contributed by atoms with Crippen molar-refractivity contribution in [1.29, 1.82) is 0 Å². The number of rotatable bonds is 6. The molecule has 124 valence electrons. The summed E-state index contributed by atoms with van der Waals surface area (Å²) in [5.41, 5.74) is 0.170. The highest BCUT2D eigenvalue weighted by molar-refractivity contribution is 6.64. The SMILES string of the molecule is CCN(CC)[SiH](OC)c1ccc(-c2c(F)cc(F)cc2F)cc1. The summed E-state index contributed by atoms with van der Waals surface area (Å²) in [5, 5.41) is 1.03. The molecule has 0 saturated heterocycles. The van der Waals surface area contributed by atoms with Crippen LogP contribution < -0.4 is 5.19 Å². The van der Waals surface area contributed by atoms with Gasteiger partial charge in [0.25, 0.3) is 9.20 Å². The molecule has 0 fully saturated rings. The summed E-state index contributed by atoms with van der Waals surface area (Å²) in [7, 11) is -0.0647. The van der Waals surface area contributed by atoms with Crippen LogP contribution in [0.3, 0.4) is 0 Å². The van der Waals surface area contributed by atoms with Crippen molar-refractivity contribution < 1.29 is 17.6 Å². The van der Waals surface area contributed by atoms with Gasteiger partial charge >= 0.3 is 0 Å². The zero-order chi connectivity index (χ0) is 17.0. The van der Waals surface area contributed by atoms with E-state index in [2.05, 4.69) is 18.4 Å². The van der Waals surface area contributed by atoms with E-state index >= 15 is 0 Å². The first-order valence-corrected chi connectivity index (χ1v) is 9.10. The lowest BCUT2D eigenvalue weighted by Gasteiger charge is -2.26. The third kappa shape index (κ3) is 3.83. The molecule has 0 amide bonds. The van der Waals surface area contributed by atoms with Gasteiger partial charge in [0, 0.05) is 19.2 Å². The van der Waals surface area contributed by atoms with E-state index in [1.54, 1.807) is 19.2 Å². The van der Waals surface area contributed by atoms with Gasteiger partial charge in [-0.1, -0.05) is 38.1 Å². The first-order chi connectivity index (χ1) is 11.0. The Kier molecular flexibility index (Phi) is 5.98. The van der Waals surface area contributed by atoms with E-state index in [9.17, 15) is 13.2 Å². The maximum Gasteiger partial charge on any atom is 0.287 e. The molecule has 0 aliphatic heterocycles. The maximum absolute atomic E-state index is 13.9. The van der Waals surface area contributed by atoms with Crippen LogP contribution in [0.1, 0.15) is 13.8 Å². The summed E-state index contributed by atoms with van der Waals surface area (Å²) in [6.45, 7) is 5.90. The van der Waals surface area contributed by atoms with E-state index in [1.807, 2.05) is 12.1 Å². The van der Waals surface area contributed by atoms with Crippen LogP contribution in [0.5, 0.6) is 0 Å². The monoisotopic (exact) mass is 339 g/mol. The molecule has 1 atom stereocenters. The van der Waals surface area contributed by atoms with E-state index in [4.69, 9.17) is 4.43 Å². The Morgan fingerprint density at radius 2 is 1.48 bits per heavy atom. The van der Waals surface area contributed by atoms with Crippen LogP contribution in [0.15, 0.2) is 36.4 Å². The van der Waals surface area contributed by atoms with E-state index in [0.29, 0.717) is 17.7 Å². The Labute approximate surface area is 136 Å². The number of nitrogens with zero attached hydrogens (tertiary/aromatic N) is 1. The van der Waals surface area contributed by atoms with Crippen LogP contribution in [0.2, 0.25) is 0 Å². The van der Waals surface area contributed by atoms with Crippen molar-refractivity contribution in [2.24, 2.45) is 0 Å². The second kappa shape index (κ2) is 7.76. The van der Waals surface area contributed by atoms with Crippen molar-refractivity contribution in [3.8, 4) is 11.1 Å². The Bertz CT molecular complexity index is 636. The van der Waals surface area contributed by atoms with Gasteiger partial charge in [-0.3, -0.25) is 0 Å². The molecule has 1 unspecified atom stereocenters. The first-order valence-electron chi connectivity index (χ1n) is 7.53. The Morgan fingerprint density at radius 3 is 1.91 bits per heavy atom. The molecule has 0 aliphatic rings. The molecule has 6 heteroatoms. The Balaban J connectivity index is 2.36. The minimum atomic E-state index is -1.75. The number of hydrogen-bond donors (Lipinski definition) is 0. The molecule has 23 heavy (non-hydrogen) atoms. The van der Waals surface area contributed by atoms with Gasteiger partial charge in [0.1, 0.15) is 17.5 Å². The van der Waals surface area contributed by atoms with Gasteiger partial charge in [0.05, 0.1) is 5.56 Å². The predicted molar refractivity (Wildman–Crippen MR) is 88.5 cm³/mol. The maximum atomic E-state index is 13.9. The molecule has 2 aromatic rings. The highest BCUT2D eigenvalue weighted by atomic mass is 28.3. The van der Waals surface area contributed by atoms with Crippen molar-refractivity contribution in [2.45, 2.75) is 13.8 Å². The normalized spacial score (nSPS) is 12.7. The zero-order valence-corrected chi connectivity index (χ0v) is 14.6. The van der Waals surface area contributed by atoms with E-state index in [0.717, 1.165) is 18.3 Å². The molecule has 0 heterocycles. The molecule has 0 bridgehead atoms. The Morgan fingerprint density at radius 1 is 0.957 bits per heavy atom. The molecule has 0 aliphatic carbocycles. The minimum Gasteiger partial charge on any atom is -0.405 e. The topological polar surface area (TPSA) is 12.5 Å². The third-order valence-corrected chi connectivity index (χ3v) is 6.65. The molecule has 0 N–H and O–H groups in total. The minimum absolute atomic E-state index is 0.212. The largest absolute Gasteiger partial charge is 0.405 e. The third-order valence-electron chi connectivity index (χ3n) is 3.86. The summed E-state index contributed by atoms with van der Waals surface area (Å²) in [4.78, 5) is 0. The summed E-state index contributed by atoms with van der Waals surface area (Å²) >= 11 is 0. The van der Waals surface area contributed by atoms with Crippen molar-refractivity contribution in [3.05, 3.63) is 53.8 Å². The quantitative estimate of drug-likeness (QED) is 0.750. The number of hydrogen-bond acceptors (Lipinski definition) is 2. The van der Waals surface area contributed by atoms with Gasteiger partial charge in [0.15, 0.2) is 0 Å². The van der Waals surface area contributed by atoms with Crippen LogP contribution in [0.4, 0.5) is 13.2 Å². The number of benzene rings is 2. The average Bonchev–Trinajstić information content (AvgIpc) is 2.52. The summed E-state index contributed by atoms with van der Waals surface area (Å²) < 4.78 is 48.6. The fourth-order valence-electron chi connectivity index (χ4n) is 2.68. The molecule has 2 nitrogen and oxygen atoms in total. The van der Waals surface area contributed by atoms with E-state index in [-0.39, 0.29) is 5.56 Å². The van der Waals surface area contributed by atoms with Crippen molar-refractivity contribution in [3.63, 3.8) is 0 Å². The second-order valence-corrected chi connectivity index (χ2v) is 7.75. The van der Waals surface area contributed by atoms with Gasteiger partial charge in [-0.05, 0) is 23.8 Å². The summed E-state index contributed by atoms with van der Waals surface area (Å²) in [5.74, 6) is -2.73. The second-order valence-electron chi connectivity index (χ2n) is 5.18. The van der Waals surface area contributed by atoms with E-state index in [1.165, 1.54) is 0 Å². The van der Waals surface area contributed by atoms with Crippen LogP contribution in [-0.4, -0.2) is 34.0 Å². The first kappa shape index (κ1) is 17.7.